The summed E-state index contributed by atoms with van der Waals surface area (Å²) in [7, 11) is 1.46. The number of anilines is 1. The third-order valence-corrected chi connectivity index (χ3v) is 9.16. The van der Waals surface area contributed by atoms with Crippen LogP contribution in [0.2, 0.25) is 0 Å². The minimum atomic E-state index is -0.823. The molecule has 2 heterocycles. The van der Waals surface area contributed by atoms with E-state index >= 15 is 0 Å². The molecule has 2 N–H and O–H groups in total. The van der Waals surface area contributed by atoms with Crippen LogP contribution in [-0.4, -0.2) is 99.6 Å². The number of ketones is 1. The van der Waals surface area contributed by atoms with E-state index in [4.69, 9.17) is 14.2 Å². The van der Waals surface area contributed by atoms with Crippen LogP contribution in [0.25, 0.3) is 10.8 Å². The maximum absolute atomic E-state index is 13.7. The molecule has 2 fully saturated rings. The van der Waals surface area contributed by atoms with E-state index in [1.807, 2.05) is 51.1 Å². The summed E-state index contributed by atoms with van der Waals surface area (Å²) >= 11 is 0. The SMILES string of the molecule is CCN1CCCC1CNC(=O)c1cc(C(C)(C)C)cc(NC(=O)C(=O)c2ccc(OCCN3CCOCC3)c3ccccc23)c1OC. The van der Waals surface area contributed by atoms with Crippen molar-refractivity contribution in [1.82, 2.24) is 15.1 Å². The second-order valence-electron chi connectivity index (χ2n) is 13.2. The molecule has 2 saturated heterocycles. The Labute approximate surface area is 277 Å². The standard InChI is InChI=1S/C37H48N4O6/c1-6-41-15-9-10-26(41)24-38-35(43)30-22-25(37(2,3)4)23-31(34(30)45-5)39-36(44)33(42)29-13-14-32(28-12-8-7-11-27(28)29)47-21-18-40-16-19-46-20-17-40/h7-8,11-14,22-23,26H,6,9-10,15-21,24H2,1-5H3,(H,38,43)(H,39,44). The average molecular weight is 645 g/mol. The van der Waals surface area contributed by atoms with Crippen LogP contribution in [0, 0.1) is 0 Å². The van der Waals surface area contributed by atoms with Crippen molar-refractivity contribution < 1.29 is 28.6 Å². The maximum Gasteiger partial charge on any atom is 0.296 e. The van der Waals surface area contributed by atoms with Crippen molar-refractivity contribution in [3.05, 3.63) is 65.2 Å². The zero-order chi connectivity index (χ0) is 33.6. The second-order valence-corrected chi connectivity index (χ2v) is 13.2. The number of carbonyl (C=O) groups excluding carboxylic acids is 3. The van der Waals surface area contributed by atoms with Gasteiger partial charge in [0, 0.05) is 43.2 Å². The summed E-state index contributed by atoms with van der Waals surface area (Å²) in [4.78, 5) is 45.6. The van der Waals surface area contributed by atoms with Crippen LogP contribution >= 0.6 is 0 Å². The summed E-state index contributed by atoms with van der Waals surface area (Å²) in [5.41, 5.74) is 1.33. The maximum atomic E-state index is 13.7. The molecule has 10 nitrogen and oxygen atoms in total. The van der Waals surface area contributed by atoms with E-state index in [2.05, 4.69) is 27.4 Å². The van der Waals surface area contributed by atoms with E-state index in [1.54, 1.807) is 18.2 Å². The van der Waals surface area contributed by atoms with Gasteiger partial charge in [0.15, 0.2) is 5.75 Å². The molecule has 0 bridgehead atoms. The Morgan fingerprint density at radius 1 is 0.979 bits per heavy atom. The van der Waals surface area contributed by atoms with Crippen LogP contribution < -0.4 is 20.1 Å². The number of methoxy groups -OCH3 is 1. The molecule has 2 aliphatic heterocycles. The fourth-order valence-corrected chi connectivity index (χ4v) is 6.40. The van der Waals surface area contributed by atoms with Gasteiger partial charge in [0.05, 0.1) is 31.6 Å². The van der Waals surface area contributed by atoms with Crippen LogP contribution in [0.1, 0.15) is 66.8 Å². The van der Waals surface area contributed by atoms with Gasteiger partial charge < -0.3 is 24.8 Å². The normalized spacial score (nSPS) is 17.4. The highest BCUT2D eigenvalue weighted by atomic mass is 16.5. The Morgan fingerprint density at radius 3 is 2.43 bits per heavy atom. The number of hydrogen-bond donors (Lipinski definition) is 2. The summed E-state index contributed by atoms with van der Waals surface area (Å²) in [6.07, 6.45) is 2.15. The molecule has 1 unspecified atom stereocenters. The Hall–Kier alpha value is -3.99. The summed E-state index contributed by atoms with van der Waals surface area (Å²) in [6.45, 7) is 15.2. The highest BCUT2D eigenvalue weighted by Crippen LogP contribution is 2.36. The number of likely N-dealkylation sites (tertiary alicyclic amines) is 1. The number of nitrogens with zero attached hydrogens (tertiary/aromatic N) is 2. The van der Waals surface area contributed by atoms with Gasteiger partial charge in [-0.15, -0.1) is 0 Å². The molecule has 3 aromatic rings. The largest absolute Gasteiger partial charge is 0.494 e. The van der Waals surface area contributed by atoms with Gasteiger partial charge in [-0.05, 0) is 66.6 Å². The fraction of sp³-hybridized carbons (Fsp3) is 0.486. The number of hydrogen-bond acceptors (Lipinski definition) is 8. The predicted molar refractivity (Wildman–Crippen MR) is 184 cm³/mol. The smallest absolute Gasteiger partial charge is 0.296 e. The number of morpholine rings is 1. The van der Waals surface area contributed by atoms with Gasteiger partial charge in [-0.1, -0.05) is 52.0 Å². The number of nitrogens with one attached hydrogen (secondary N) is 2. The van der Waals surface area contributed by atoms with E-state index in [0.717, 1.165) is 69.7 Å². The Kier molecular flexibility index (Phi) is 11.2. The summed E-state index contributed by atoms with van der Waals surface area (Å²) in [5, 5.41) is 7.25. The predicted octanol–water partition coefficient (Wildman–Crippen LogP) is 4.89. The number of amides is 2. The van der Waals surface area contributed by atoms with E-state index < -0.39 is 11.7 Å². The van der Waals surface area contributed by atoms with E-state index in [9.17, 15) is 14.4 Å². The Balaban J connectivity index is 1.37. The lowest BCUT2D eigenvalue weighted by atomic mass is 9.85. The molecule has 47 heavy (non-hydrogen) atoms. The van der Waals surface area contributed by atoms with Crippen molar-refractivity contribution in [2.45, 2.75) is 52.0 Å². The molecule has 1 atom stereocenters. The van der Waals surface area contributed by atoms with Gasteiger partial charge in [0.25, 0.3) is 17.6 Å². The molecule has 0 spiro atoms. The minimum absolute atomic E-state index is 0.212. The molecule has 252 valence electrons. The molecular weight excluding hydrogens is 596 g/mol. The van der Waals surface area contributed by atoms with Crippen LogP contribution in [-0.2, 0) is 14.9 Å². The van der Waals surface area contributed by atoms with Crippen molar-refractivity contribution >= 4 is 34.1 Å². The first-order valence-corrected chi connectivity index (χ1v) is 16.7. The zero-order valence-electron chi connectivity index (χ0n) is 28.3. The van der Waals surface area contributed by atoms with E-state index in [-0.39, 0.29) is 34.4 Å². The van der Waals surface area contributed by atoms with Crippen molar-refractivity contribution in [3.8, 4) is 11.5 Å². The lowest BCUT2D eigenvalue weighted by molar-refractivity contribution is -0.112. The van der Waals surface area contributed by atoms with E-state index in [1.165, 1.54) is 7.11 Å². The molecule has 0 aliphatic carbocycles. The molecular formula is C37H48N4O6. The molecule has 2 aliphatic rings. The first-order valence-electron chi connectivity index (χ1n) is 16.7. The number of ether oxygens (including phenoxy) is 3. The number of rotatable bonds is 12. The van der Waals surface area contributed by atoms with Gasteiger partial charge in [-0.3, -0.25) is 24.2 Å². The van der Waals surface area contributed by atoms with Crippen LogP contribution in [0.4, 0.5) is 5.69 Å². The molecule has 5 rings (SSSR count). The third-order valence-electron chi connectivity index (χ3n) is 9.16. The average Bonchev–Trinajstić information content (AvgIpc) is 3.54. The molecule has 0 radical (unpaired) electrons. The van der Waals surface area contributed by atoms with Crippen LogP contribution in [0.5, 0.6) is 11.5 Å². The first kappa shape index (κ1) is 34.3. The van der Waals surface area contributed by atoms with Crippen LogP contribution in [0.3, 0.4) is 0 Å². The van der Waals surface area contributed by atoms with Crippen molar-refractivity contribution in [1.29, 1.82) is 0 Å². The van der Waals surface area contributed by atoms with Crippen molar-refractivity contribution in [2.75, 3.05) is 71.5 Å². The zero-order valence-corrected chi connectivity index (χ0v) is 28.3. The number of likely N-dealkylation sites (N-methyl/N-ethyl adjacent to an activating group) is 1. The molecule has 3 aromatic carbocycles. The number of Topliss-reactive ketones (excluding diaryl/α,β-unsaturated/α-hetero) is 1. The monoisotopic (exact) mass is 644 g/mol. The second kappa shape index (κ2) is 15.3. The van der Waals surface area contributed by atoms with Crippen molar-refractivity contribution in [3.63, 3.8) is 0 Å². The number of fused-ring (bicyclic) bond motifs is 1. The Morgan fingerprint density at radius 2 is 1.72 bits per heavy atom. The lowest BCUT2D eigenvalue weighted by Crippen LogP contribution is -2.40. The third kappa shape index (κ3) is 8.12. The van der Waals surface area contributed by atoms with Gasteiger partial charge in [0.2, 0.25) is 0 Å². The topological polar surface area (TPSA) is 109 Å². The molecule has 2 amide bonds. The molecule has 10 heteroatoms. The Bertz CT molecular complexity index is 1590. The quantitative estimate of drug-likeness (QED) is 0.212. The van der Waals surface area contributed by atoms with Gasteiger partial charge in [0.1, 0.15) is 12.4 Å². The minimum Gasteiger partial charge on any atom is -0.494 e. The lowest BCUT2D eigenvalue weighted by Gasteiger charge is -2.26. The van der Waals surface area contributed by atoms with Gasteiger partial charge in [-0.25, -0.2) is 0 Å². The first-order chi connectivity index (χ1) is 22.6. The highest BCUT2D eigenvalue weighted by molar-refractivity contribution is 6.48. The molecule has 0 aromatic heterocycles. The number of benzene rings is 3. The van der Waals surface area contributed by atoms with E-state index in [0.29, 0.717) is 29.9 Å². The van der Waals surface area contributed by atoms with Crippen LogP contribution in [0.15, 0.2) is 48.5 Å². The van der Waals surface area contributed by atoms with Crippen molar-refractivity contribution in [2.24, 2.45) is 0 Å². The highest BCUT2D eigenvalue weighted by Gasteiger charge is 2.28. The summed E-state index contributed by atoms with van der Waals surface area (Å²) < 4.78 is 17.3. The van der Waals surface area contributed by atoms with Gasteiger partial charge in [-0.2, -0.15) is 0 Å². The summed E-state index contributed by atoms with van der Waals surface area (Å²) in [6, 6.07) is 14.7. The molecule has 0 saturated carbocycles. The number of carbonyl (C=O) groups is 3. The summed E-state index contributed by atoms with van der Waals surface area (Å²) in [5.74, 6) is -0.939. The fourth-order valence-electron chi connectivity index (χ4n) is 6.40. The van der Waals surface area contributed by atoms with Gasteiger partial charge >= 0.3 is 0 Å².